The van der Waals surface area contributed by atoms with Crippen molar-refractivity contribution in [3.8, 4) is 5.75 Å². The second kappa shape index (κ2) is 5.10. The van der Waals surface area contributed by atoms with Gasteiger partial charge in [0.1, 0.15) is 5.75 Å². The van der Waals surface area contributed by atoms with Gasteiger partial charge in [0.2, 0.25) is 0 Å². The number of aromatic nitrogens is 1. The van der Waals surface area contributed by atoms with Crippen molar-refractivity contribution in [3.63, 3.8) is 0 Å². The number of pyridine rings is 1. The van der Waals surface area contributed by atoms with E-state index in [4.69, 9.17) is 10.5 Å². The molecule has 0 aliphatic carbocycles. The molecule has 1 heterocycles. The van der Waals surface area contributed by atoms with E-state index in [1.807, 2.05) is 0 Å². The molecule has 0 saturated heterocycles. The highest BCUT2D eigenvalue weighted by Crippen LogP contribution is 2.23. The summed E-state index contributed by atoms with van der Waals surface area (Å²) in [6, 6.07) is 4.71. The molecule has 2 rings (SSSR count). The summed E-state index contributed by atoms with van der Waals surface area (Å²) >= 11 is 0. The first-order chi connectivity index (χ1) is 8.61. The van der Waals surface area contributed by atoms with Crippen LogP contribution in [0.25, 0.3) is 0 Å². The van der Waals surface area contributed by atoms with Gasteiger partial charge in [-0.05, 0) is 29.3 Å². The normalized spacial score (nSPS) is 12.2. The van der Waals surface area contributed by atoms with Gasteiger partial charge in [0.05, 0.1) is 19.3 Å². The van der Waals surface area contributed by atoms with Crippen molar-refractivity contribution >= 4 is 0 Å². The van der Waals surface area contributed by atoms with E-state index in [9.17, 15) is 8.78 Å². The third kappa shape index (κ3) is 2.46. The largest absolute Gasteiger partial charge is 0.495 e. The number of methoxy groups -OCH3 is 1. The maximum atomic E-state index is 13.1. The van der Waals surface area contributed by atoms with Crippen LogP contribution >= 0.6 is 0 Å². The molecular weight excluding hydrogens is 238 g/mol. The Morgan fingerprint density at radius 2 is 1.89 bits per heavy atom. The van der Waals surface area contributed by atoms with E-state index in [0.29, 0.717) is 16.9 Å². The standard InChI is InChI=1S/C13H12F2N2O/c1-18-10-4-9(6-17-7-10)13(16)8-2-3-11(14)12(15)5-8/h2-7,13H,16H2,1H3. The Morgan fingerprint density at radius 1 is 1.11 bits per heavy atom. The molecule has 2 aromatic rings. The van der Waals surface area contributed by atoms with Gasteiger partial charge < -0.3 is 10.5 Å². The first-order valence-electron chi connectivity index (χ1n) is 5.31. The quantitative estimate of drug-likeness (QED) is 0.910. The Balaban J connectivity index is 2.34. The van der Waals surface area contributed by atoms with E-state index < -0.39 is 17.7 Å². The van der Waals surface area contributed by atoms with E-state index in [2.05, 4.69) is 4.98 Å². The van der Waals surface area contributed by atoms with Crippen LogP contribution in [-0.2, 0) is 0 Å². The lowest BCUT2D eigenvalue weighted by molar-refractivity contribution is 0.412. The number of benzene rings is 1. The molecule has 0 amide bonds. The Morgan fingerprint density at radius 3 is 2.56 bits per heavy atom. The maximum absolute atomic E-state index is 13.1. The highest BCUT2D eigenvalue weighted by Gasteiger charge is 2.12. The predicted octanol–water partition coefficient (Wildman–Crippen LogP) is 2.42. The zero-order valence-electron chi connectivity index (χ0n) is 9.73. The molecule has 1 aromatic carbocycles. The lowest BCUT2D eigenvalue weighted by Crippen LogP contribution is -2.12. The number of rotatable bonds is 3. The fraction of sp³-hybridized carbons (Fsp3) is 0.154. The van der Waals surface area contributed by atoms with Crippen LogP contribution in [0.1, 0.15) is 17.2 Å². The molecule has 0 saturated carbocycles. The van der Waals surface area contributed by atoms with Crippen molar-refractivity contribution in [1.29, 1.82) is 0 Å². The molecule has 0 aliphatic heterocycles. The molecule has 1 unspecified atom stereocenters. The van der Waals surface area contributed by atoms with Gasteiger partial charge in [0, 0.05) is 6.20 Å². The Labute approximate surface area is 103 Å². The van der Waals surface area contributed by atoms with Crippen LogP contribution in [0.4, 0.5) is 8.78 Å². The molecule has 2 N–H and O–H groups in total. The van der Waals surface area contributed by atoms with Crippen LogP contribution in [0.2, 0.25) is 0 Å². The number of ether oxygens (including phenoxy) is 1. The summed E-state index contributed by atoms with van der Waals surface area (Å²) in [4.78, 5) is 3.97. The lowest BCUT2D eigenvalue weighted by Gasteiger charge is -2.13. The van der Waals surface area contributed by atoms with Crippen LogP contribution in [0.5, 0.6) is 5.75 Å². The van der Waals surface area contributed by atoms with E-state index in [1.165, 1.54) is 13.2 Å². The Hall–Kier alpha value is -2.01. The monoisotopic (exact) mass is 250 g/mol. The van der Waals surface area contributed by atoms with Gasteiger partial charge in [-0.1, -0.05) is 6.07 Å². The third-order valence-electron chi connectivity index (χ3n) is 2.63. The van der Waals surface area contributed by atoms with Crippen molar-refractivity contribution in [2.24, 2.45) is 5.73 Å². The van der Waals surface area contributed by atoms with Gasteiger partial charge in [-0.25, -0.2) is 8.78 Å². The van der Waals surface area contributed by atoms with Crippen molar-refractivity contribution in [2.75, 3.05) is 7.11 Å². The van der Waals surface area contributed by atoms with E-state index in [1.54, 1.807) is 18.5 Å². The zero-order chi connectivity index (χ0) is 13.1. The number of hydrogen-bond acceptors (Lipinski definition) is 3. The topological polar surface area (TPSA) is 48.1 Å². The molecule has 3 nitrogen and oxygen atoms in total. The molecule has 0 radical (unpaired) electrons. The van der Waals surface area contributed by atoms with Gasteiger partial charge in [-0.3, -0.25) is 4.98 Å². The molecule has 1 atom stereocenters. The highest BCUT2D eigenvalue weighted by atomic mass is 19.2. The van der Waals surface area contributed by atoms with E-state index in [0.717, 1.165) is 12.1 Å². The minimum atomic E-state index is -0.918. The summed E-state index contributed by atoms with van der Waals surface area (Å²) < 4.78 is 31.0. The summed E-state index contributed by atoms with van der Waals surface area (Å²) in [5, 5.41) is 0. The maximum Gasteiger partial charge on any atom is 0.159 e. The molecule has 1 aromatic heterocycles. The van der Waals surface area contributed by atoms with Gasteiger partial charge in [0.15, 0.2) is 11.6 Å². The van der Waals surface area contributed by atoms with Crippen LogP contribution in [0.15, 0.2) is 36.7 Å². The minimum absolute atomic E-state index is 0.476. The van der Waals surface area contributed by atoms with Crippen LogP contribution in [0.3, 0.4) is 0 Å². The molecule has 0 bridgehead atoms. The summed E-state index contributed by atoms with van der Waals surface area (Å²) in [6.07, 6.45) is 3.11. The first kappa shape index (κ1) is 12.4. The number of nitrogens with two attached hydrogens (primary N) is 1. The van der Waals surface area contributed by atoms with E-state index in [-0.39, 0.29) is 0 Å². The lowest BCUT2D eigenvalue weighted by atomic mass is 10.0. The van der Waals surface area contributed by atoms with Crippen LogP contribution < -0.4 is 10.5 Å². The smallest absolute Gasteiger partial charge is 0.159 e. The second-order valence-corrected chi connectivity index (χ2v) is 3.81. The highest BCUT2D eigenvalue weighted by molar-refractivity contribution is 5.34. The zero-order valence-corrected chi connectivity index (χ0v) is 9.73. The molecule has 0 spiro atoms. The molecule has 0 aliphatic rings. The van der Waals surface area contributed by atoms with E-state index >= 15 is 0 Å². The third-order valence-corrected chi connectivity index (χ3v) is 2.63. The van der Waals surface area contributed by atoms with Gasteiger partial charge in [-0.2, -0.15) is 0 Å². The van der Waals surface area contributed by atoms with Crippen molar-refractivity contribution < 1.29 is 13.5 Å². The molecule has 0 fully saturated rings. The fourth-order valence-electron chi connectivity index (χ4n) is 1.62. The average molecular weight is 250 g/mol. The number of halogens is 2. The van der Waals surface area contributed by atoms with Gasteiger partial charge in [0.25, 0.3) is 0 Å². The van der Waals surface area contributed by atoms with Crippen LogP contribution in [0, 0.1) is 11.6 Å². The van der Waals surface area contributed by atoms with Gasteiger partial charge in [-0.15, -0.1) is 0 Å². The SMILES string of the molecule is COc1cncc(C(N)c2ccc(F)c(F)c2)c1. The molecule has 18 heavy (non-hydrogen) atoms. The molecule has 5 heteroatoms. The molecular formula is C13H12F2N2O. The van der Waals surface area contributed by atoms with Crippen molar-refractivity contribution in [1.82, 2.24) is 4.98 Å². The molecule has 94 valence electrons. The Kier molecular flexibility index (Phi) is 3.53. The number of hydrogen-bond donors (Lipinski definition) is 1. The average Bonchev–Trinajstić information content (AvgIpc) is 2.41. The summed E-state index contributed by atoms with van der Waals surface area (Å²) in [5.74, 6) is -1.25. The second-order valence-electron chi connectivity index (χ2n) is 3.81. The number of nitrogens with zero attached hydrogens (tertiary/aromatic N) is 1. The van der Waals surface area contributed by atoms with Crippen LogP contribution in [-0.4, -0.2) is 12.1 Å². The summed E-state index contributed by atoms with van der Waals surface area (Å²) in [5.41, 5.74) is 7.12. The summed E-state index contributed by atoms with van der Waals surface area (Å²) in [6.45, 7) is 0. The van der Waals surface area contributed by atoms with Crippen molar-refractivity contribution in [3.05, 3.63) is 59.4 Å². The fourth-order valence-corrected chi connectivity index (χ4v) is 1.62. The predicted molar refractivity (Wildman–Crippen MR) is 63.2 cm³/mol. The van der Waals surface area contributed by atoms with Gasteiger partial charge >= 0.3 is 0 Å². The minimum Gasteiger partial charge on any atom is -0.495 e. The van der Waals surface area contributed by atoms with Crippen molar-refractivity contribution in [2.45, 2.75) is 6.04 Å². The first-order valence-corrected chi connectivity index (χ1v) is 5.31. The summed E-state index contributed by atoms with van der Waals surface area (Å²) in [7, 11) is 1.52. The Bertz CT molecular complexity index is 560.